The molecular weight excluding hydrogens is 402 g/mol. The smallest absolute Gasteiger partial charge is 0.251 e. The van der Waals surface area contributed by atoms with Gasteiger partial charge in [-0.15, -0.1) is 0 Å². The molecule has 0 saturated carbocycles. The molecule has 3 N–H and O–H groups in total. The summed E-state index contributed by atoms with van der Waals surface area (Å²) in [5, 5.41) is 8.30. The lowest BCUT2D eigenvalue weighted by Crippen LogP contribution is -2.34. The van der Waals surface area contributed by atoms with Crippen molar-refractivity contribution in [1.29, 1.82) is 0 Å². The average molecular weight is 430 g/mol. The molecule has 3 aromatic carbocycles. The molecule has 6 nitrogen and oxygen atoms in total. The van der Waals surface area contributed by atoms with Crippen molar-refractivity contribution >= 4 is 23.4 Å². The topological polar surface area (TPSA) is 87.3 Å². The molecule has 0 bridgehead atoms. The predicted octanol–water partition coefficient (Wildman–Crippen LogP) is 3.79. The van der Waals surface area contributed by atoms with Gasteiger partial charge in [-0.25, -0.2) is 0 Å². The SMILES string of the molecule is CCC(=O)NCCNC(=O)c1ccc(NC(=O)Cc2ccc(-c3ccccc3)cc2)cc1. The van der Waals surface area contributed by atoms with Crippen LogP contribution in [0, 0.1) is 0 Å². The first-order valence-electron chi connectivity index (χ1n) is 10.6. The summed E-state index contributed by atoms with van der Waals surface area (Å²) in [6.07, 6.45) is 0.681. The molecule has 3 aromatic rings. The number of hydrogen-bond donors (Lipinski definition) is 3. The maximum absolute atomic E-state index is 12.4. The van der Waals surface area contributed by atoms with Crippen LogP contribution in [0.1, 0.15) is 29.3 Å². The molecule has 0 saturated heterocycles. The van der Waals surface area contributed by atoms with Crippen molar-refractivity contribution < 1.29 is 14.4 Å². The van der Waals surface area contributed by atoms with Gasteiger partial charge in [0.1, 0.15) is 0 Å². The van der Waals surface area contributed by atoms with Crippen LogP contribution in [-0.4, -0.2) is 30.8 Å². The van der Waals surface area contributed by atoms with Gasteiger partial charge in [-0.1, -0.05) is 61.5 Å². The Balaban J connectivity index is 1.47. The van der Waals surface area contributed by atoms with Gasteiger partial charge < -0.3 is 16.0 Å². The number of carbonyl (C=O) groups is 3. The van der Waals surface area contributed by atoms with Crippen molar-refractivity contribution in [2.45, 2.75) is 19.8 Å². The van der Waals surface area contributed by atoms with E-state index in [0.717, 1.165) is 16.7 Å². The zero-order valence-electron chi connectivity index (χ0n) is 18.1. The first-order valence-corrected chi connectivity index (χ1v) is 10.6. The highest BCUT2D eigenvalue weighted by molar-refractivity contribution is 5.96. The van der Waals surface area contributed by atoms with Crippen molar-refractivity contribution in [3.05, 3.63) is 90.0 Å². The molecule has 0 aromatic heterocycles. The van der Waals surface area contributed by atoms with Crippen LogP contribution in [0.2, 0.25) is 0 Å². The van der Waals surface area contributed by atoms with E-state index in [1.54, 1.807) is 31.2 Å². The molecule has 6 heteroatoms. The van der Waals surface area contributed by atoms with E-state index >= 15 is 0 Å². The summed E-state index contributed by atoms with van der Waals surface area (Å²) in [5.74, 6) is -0.403. The number of anilines is 1. The molecule has 0 aliphatic carbocycles. The molecule has 0 spiro atoms. The summed E-state index contributed by atoms with van der Waals surface area (Å²) in [6, 6.07) is 24.7. The standard InChI is InChI=1S/C26H27N3O3/c1-2-24(30)27-16-17-28-26(32)22-12-14-23(15-13-22)29-25(31)18-19-8-10-21(11-9-19)20-6-4-3-5-7-20/h3-15H,2,16-18H2,1H3,(H,27,30)(H,28,32)(H,29,31). The van der Waals surface area contributed by atoms with Crippen LogP contribution in [0.4, 0.5) is 5.69 Å². The molecule has 0 fully saturated rings. The molecule has 0 unspecified atom stereocenters. The van der Waals surface area contributed by atoms with E-state index in [1.165, 1.54) is 0 Å². The third-order valence-corrected chi connectivity index (χ3v) is 4.91. The van der Waals surface area contributed by atoms with Gasteiger partial charge in [0.05, 0.1) is 6.42 Å². The molecule has 3 rings (SSSR count). The first-order chi connectivity index (χ1) is 15.5. The molecule has 3 amide bonds. The molecular formula is C26H27N3O3. The third-order valence-electron chi connectivity index (χ3n) is 4.91. The van der Waals surface area contributed by atoms with Crippen molar-refractivity contribution in [1.82, 2.24) is 10.6 Å². The highest BCUT2D eigenvalue weighted by Gasteiger charge is 2.08. The number of nitrogens with one attached hydrogen (secondary N) is 3. The van der Waals surface area contributed by atoms with E-state index in [2.05, 4.69) is 28.1 Å². The lowest BCUT2D eigenvalue weighted by Gasteiger charge is -2.09. The molecule has 164 valence electrons. The number of hydrogen-bond acceptors (Lipinski definition) is 3. The molecule has 0 radical (unpaired) electrons. The summed E-state index contributed by atoms with van der Waals surface area (Å²) in [4.78, 5) is 35.7. The van der Waals surface area contributed by atoms with E-state index in [9.17, 15) is 14.4 Å². The first kappa shape index (κ1) is 22.7. The second-order valence-corrected chi connectivity index (χ2v) is 7.32. The minimum atomic E-state index is -0.230. The summed E-state index contributed by atoms with van der Waals surface area (Å²) in [7, 11) is 0. The fraction of sp³-hybridized carbons (Fsp3) is 0.192. The molecule has 0 aliphatic rings. The molecule has 0 atom stereocenters. The number of rotatable bonds is 9. The Morgan fingerprint density at radius 1 is 0.688 bits per heavy atom. The summed E-state index contributed by atoms with van der Waals surface area (Å²) < 4.78 is 0. The van der Waals surface area contributed by atoms with E-state index in [0.29, 0.717) is 30.8 Å². The van der Waals surface area contributed by atoms with Gasteiger partial charge in [-0.2, -0.15) is 0 Å². The third kappa shape index (κ3) is 6.80. The summed E-state index contributed by atoms with van der Waals surface area (Å²) in [5.41, 5.74) is 4.28. The molecule has 0 heterocycles. The minimum Gasteiger partial charge on any atom is -0.354 e. The van der Waals surface area contributed by atoms with Gasteiger partial charge in [0.25, 0.3) is 5.91 Å². The van der Waals surface area contributed by atoms with Gasteiger partial charge in [0.15, 0.2) is 0 Å². The normalized spacial score (nSPS) is 10.3. The summed E-state index contributed by atoms with van der Waals surface area (Å²) in [6.45, 7) is 2.51. The van der Waals surface area contributed by atoms with Crippen molar-refractivity contribution in [3.63, 3.8) is 0 Å². The zero-order valence-corrected chi connectivity index (χ0v) is 18.1. The minimum absolute atomic E-state index is 0.0496. The van der Waals surface area contributed by atoms with E-state index < -0.39 is 0 Å². The highest BCUT2D eigenvalue weighted by Crippen LogP contribution is 2.19. The van der Waals surface area contributed by atoms with Crippen LogP contribution >= 0.6 is 0 Å². The zero-order chi connectivity index (χ0) is 22.8. The molecule has 32 heavy (non-hydrogen) atoms. The van der Waals surface area contributed by atoms with Gasteiger partial charge in [-0.3, -0.25) is 14.4 Å². The van der Waals surface area contributed by atoms with E-state index in [4.69, 9.17) is 0 Å². The Morgan fingerprint density at radius 2 is 1.31 bits per heavy atom. The maximum atomic E-state index is 12.4. The van der Waals surface area contributed by atoms with Crippen molar-refractivity contribution in [3.8, 4) is 11.1 Å². The fourth-order valence-electron chi connectivity index (χ4n) is 3.15. The number of carbonyl (C=O) groups excluding carboxylic acids is 3. The largest absolute Gasteiger partial charge is 0.354 e. The van der Waals surface area contributed by atoms with Gasteiger partial charge in [0, 0.05) is 30.8 Å². The van der Waals surface area contributed by atoms with Gasteiger partial charge in [0.2, 0.25) is 11.8 Å². The van der Waals surface area contributed by atoms with Gasteiger partial charge >= 0.3 is 0 Å². The Morgan fingerprint density at radius 3 is 1.97 bits per heavy atom. The second kappa shape index (κ2) is 11.5. The second-order valence-electron chi connectivity index (χ2n) is 7.32. The Kier molecular flexibility index (Phi) is 8.15. The van der Waals surface area contributed by atoms with Crippen LogP contribution in [0.15, 0.2) is 78.9 Å². The van der Waals surface area contributed by atoms with Crippen LogP contribution < -0.4 is 16.0 Å². The summed E-state index contributed by atoms with van der Waals surface area (Å²) >= 11 is 0. The highest BCUT2D eigenvalue weighted by atomic mass is 16.2. The predicted molar refractivity (Wildman–Crippen MR) is 126 cm³/mol. The average Bonchev–Trinajstić information content (AvgIpc) is 2.83. The van der Waals surface area contributed by atoms with Crippen molar-refractivity contribution in [2.75, 3.05) is 18.4 Å². The van der Waals surface area contributed by atoms with E-state index in [-0.39, 0.29) is 24.1 Å². The lowest BCUT2D eigenvalue weighted by molar-refractivity contribution is -0.120. The monoisotopic (exact) mass is 429 g/mol. The lowest BCUT2D eigenvalue weighted by atomic mass is 10.0. The van der Waals surface area contributed by atoms with Crippen molar-refractivity contribution in [2.24, 2.45) is 0 Å². The van der Waals surface area contributed by atoms with Crippen LogP contribution in [0.5, 0.6) is 0 Å². The maximum Gasteiger partial charge on any atom is 0.251 e. The van der Waals surface area contributed by atoms with Crippen LogP contribution in [0.3, 0.4) is 0 Å². The quantitative estimate of drug-likeness (QED) is 0.452. The van der Waals surface area contributed by atoms with E-state index in [1.807, 2.05) is 42.5 Å². The number of amides is 3. The Bertz CT molecular complexity index is 1050. The van der Waals surface area contributed by atoms with Crippen LogP contribution in [-0.2, 0) is 16.0 Å². The Labute approximate surface area is 188 Å². The Hall–Kier alpha value is -3.93. The number of benzene rings is 3. The molecule has 0 aliphatic heterocycles. The fourth-order valence-corrected chi connectivity index (χ4v) is 3.15. The van der Waals surface area contributed by atoms with Crippen LogP contribution in [0.25, 0.3) is 11.1 Å². The van der Waals surface area contributed by atoms with Gasteiger partial charge in [-0.05, 0) is 41.0 Å².